The van der Waals surface area contributed by atoms with Crippen molar-refractivity contribution in [3.63, 3.8) is 0 Å². The number of ketones is 1. The quantitative estimate of drug-likeness (QED) is 0.373. The van der Waals surface area contributed by atoms with Crippen molar-refractivity contribution in [3.8, 4) is 0 Å². The Morgan fingerprint density at radius 1 is 1.36 bits per heavy atom. The van der Waals surface area contributed by atoms with Crippen molar-refractivity contribution >= 4 is 5.78 Å². The Hall–Kier alpha value is -0.490. The van der Waals surface area contributed by atoms with Gasteiger partial charge in [-0.1, -0.05) is 0 Å². The number of hydrogen-bond donors (Lipinski definition) is 4. The summed E-state index contributed by atoms with van der Waals surface area (Å²) in [6.07, 6.45) is -4.72. The van der Waals surface area contributed by atoms with Gasteiger partial charge in [-0.3, -0.25) is 4.79 Å². The maximum absolute atomic E-state index is 10.4. The van der Waals surface area contributed by atoms with Crippen LogP contribution in [0.25, 0.3) is 0 Å². The molecule has 0 aromatic rings. The first kappa shape index (κ1) is 10.5. The molecule has 0 aliphatic rings. The Labute approximate surface area is 63.9 Å². The maximum Gasteiger partial charge on any atom is 0.160 e. The number of Topliss-reactive ketones (excluding diaryl/α,β-unsaturated/α-hetero) is 1. The minimum Gasteiger partial charge on any atom is -0.394 e. The third-order valence-corrected chi connectivity index (χ3v) is 1.32. The largest absolute Gasteiger partial charge is 0.394 e. The average Bonchev–Trinajstić information content (AvgIpc) is 2.00. The van der Waals surface area contributed by atoms with Crippen molar-refractivity contribution in [2.45, 2.75) is 25.2 Å². The summed E-state index contributed by atoms with van der Waals surface area (Å²) >= 11 is 0. The van der Waals surface area contributed by atoms with Gasteiger partial charge in [-0.2, -0.15) is 0 Å². The summed E-state index contributed by atoms with van der Waals surface area (Å²) in [5, 5.41) is 34.7. The molecule has 0 aromatic carbocycles. The first-order valence-corrected chi connectivity index (χ1v) is 3.16. The van der Waals surface area contributed by atoms with E-state index in [1.807, 2.05) is 0 Å². The summed E-state index contributed by atoms with van der Waals surface area (Å²) in [6, 6.07) is 0. The molecular formula is C6H12O5. The molecule has 0 spiro atoms. The highest BCUT2D eigenvalue weighted by molar-refractivity contribution is 5.80. The smallest absolute Gasteiger partial charge is 0.160 e. The van der Waals surface area contributed by atoms with Gasteiger partial charge in [0, 0.05) is 0 Å². The van der Waals surface area contributed by atoms with E-state index in [0.29, 0.717) is 0 Å². The number of aliphatic hydroxyl groups excluding tert-OH is 4. The standard InChI is InChI=1S/C6H12O5/c1-3(8)5(10)6(11)4(9)2-7/h4-7,9-11H,2H2,1H3/t4-,5-,6-/m1/s1. The van der Waals surface area contributed by atoms with Gasteiger partial charge in [-0.05, 0) is 6.92 Å². The van der Waals surface area contributed by atoms with E-state index in [-0.39, 0.29) is 0 Å². The lowest BCUT2D eigenvalue weighted by Gasteiger charge is -2.18. The fourth-order valence-corrected chi connectivity index (χ4v) is 0.559. The van der Waals surface area contributed by atoms with Gasteiger partial charge >= 0.3 is 0 Å². The summed E-state index contributed by atoms with van der Waals surface area (Å²) in [5.41, 5.74) is 0. The molecule has 0 amide bonds. The minimum absolute atomic E-state index is 0.648. The molecule has 0 heterocycles. The van der Waals surface area contributed by atoms with Gasteiger partial charge in [0.2, 0.25) is 0 Å². The van der Waals surface area contributed by atoms with Gasteiger partial charge in [0.05, 0.1) is 6.61 Å². The minimum atomic E-state index is -1.63. The molecule has 0 aliphatic carbocycles. The molecule has 0 radical (unpaired) electrons. The zero-order valence-corrected chi connectivity index (χ0v) is 6.14. The molecule has 4 N–H and O–H groups in total. The van der Waals surface area contributed by atoms with Gasteiger partial charge in [0.15, 0.2) is 5.78 Å². The Morgan fingerprint density at radius 2 is 1.82 bits per heavy atom. The zero-order valence-electron chi connectivity index (χ0n) is 6.14. The van der Waals surface area contributed by atoms with Crippen LogP contribution in [0.5, 0.6) is 0 Å². The zero-order chi connectivity index (χ0) is 9.02. The maximum atomic E-state index is 10.4. The Bertz CT molecular complexity index is 135. The normalized spacial score (nSPS) is 19.0. The summed E-state index contributed by atoms with van der Waals surface area (Å²) in [6.45, 7) is 0.392. The Kier molecular flexibility index (Phi) is 4.20. The highest BCUT2D eigenvalue weighted by Crippen LogP contribution is 2.00. The Morgan fingerprint density at radius 3 is 2.09 bits per heavy atom. The molecule has 0 aromatic heterocycles. The number of aliphatic hydroxyl groups is 4. The van der Waals surface area contributed by atoms with E-state index in [2.05, 4.69) is 0 Å². The van der Waals surface area contributed by atoms with Gasteiger partial charge in [0.25, 0.3) is 0 Å². The first-order chi connectivity index (χ1) is 5.00. The van der Waals surface area contributed by atoms with Crippen LogP contribution in [0.1, 0.15) is 6.92 Å². The first-order valence-electron chi connectivity index (χ1n) is 3.16. The number of carbonyl (C=O) groups is 1. The SMILES string of the molecule is CC(=O)[C@@H](O)[C@H](O)[C@H](O)CO. The van der Waals surface area contributed by atoms with E-state index < -0.39 is 30.7 Å². The fourth-order valence-electron chi connectivity index (χ4n) is 0.559. The van der Waals surface area contributed by atoms with Crippen LogP contribution in [0.2, 0.25) is 0 Å². The van der Waals surface area contributed by atoms with Crippen LogP contribution < -0.4 is 0 Å². The molecule has 0 saturated heterocycles. The van der Waals surface area contributed by atoms with Gasteiger partial charge in [-0.15, -0.1) is 0 Å². The van der Waals surface area contributed by atoms with Crippen molar-refractivity contribution < 1.29 is 25.2 Å². The second-order valence-corrected chi connectivity index (χ2v) is 2.30. The molecule has 0 fully saturated rings. The van der Waals surface area contributed by atoms with Crippen LogP contribution in [0.4, 0.5) is 0 Å². The van der Waals surface area contributed by atoms with Crippen LogP contribution in [0, 0.1) is 0 Å². The van der Waals surface area contributed by atoms with E-state index in [0.717, 1.165) is 6.92 Å². The van der Waals surface area contributed by atoms with Crippen LogP contribution in [0.15, 0.2) is 0 Å². The van der Waals surface area contributed by atoms with Crippen molar-refractivity contribution in [1.29, 1.82) is 0 Å². The Balaban J connectivity index is 4.00. The molecule has 11 heavy (non-hydrogen) atoms. The molecule has 0 aliphatic heterocycles. The summed E-state index contributed by atoms with van der Waals surface area (Å²) in [7, 11) is 0. The third kappa shape index (κ3) is 2.94. The van der Waals surface area contributed by atoms with Crippen LogP contribution >= 0.6 is 0 Å². The highest BCUT2D eigenvalue weighted by Gasteiger charge is 2.26. The van der Waals surface area contributed by atoms with Crippen molar-refractivity contribution in [2.75, 3.05) is 6.61 Å². The number of carbonyl (C=O) groups excluding carboxylic acids is 1. The predicted octanol–water partition coefficient (Wildman–Crippen LogP) is -2.35. The van der Waals surface area contributed by atoms with Crippen LogP contribution in [-0.2, 0) is 4.79 Å². The monoisotopic (exact) mass is 164 g/mol. The molecular weight excluding hydrogens is 152 g/mol. The summed E-state index contributed by atoms with van der Waals surface area (Å²) in [4.78, 5) is 10.4. The number of rotatable bonds is 4. The van der Waals surface area contributed by atoms with E-state index in [1.165, 1.54) is 0 Å². The van der Waals surface area contributed by atoms with Crippen molar-refractivity contribution in [2.24, 2.45) is 0 Å². The fraction of sp³-hybridized carbons (Fsp3) is 0.833. The van der Waals surface area contributed by atoms with E-state index in [1.54, 1.807) is 0 Å². The van der Waals surface area contributed by atoms with Crippen molar-refractivity contribution in [1.82, 2.24) is 0 Å². The molecule has 0 saturated carbocycles. The molecule has 66 valence electrons. The molecule has 0 unspecified atom stereocenters. The van der Waals surface area contributed by atoms with Crippen molar-refractivity contribution in [3.05, 3.63) is 0 Å². The lowest BCUT2D eigenvalue weighted by molar-refractivity contribution is -0.137. The van der Waals surface area contributed by atoms with E-state index in [9.17, 15) is 4.79 Å². The highest BCUT2D eigenvalue weighted by atomic mass is 16.4. The second kappa shape index (κ2) is 4.40. The predicted molar refractivity (Wildman–Crippen MR) is 35.8 cm³/mol. The van der Waals surface area contributed by atoms with Crippen LogP contribution in [-0.4, -0.2) is 51.1 Å². The average molecular weight is 164 g/mol. The lowest BCUT2D eigenvalue weighted by Crippen LogP contribution is -2.42. The molecule has 5 heteroatoms. The summed E-state index contributed by atoms with van der Waals surface area (Å²) < 4.78 is 0. The van der Waals surface area contributed by atoms with Crippen LogP contribution in [0.3, 0.4) is 0 Å². The molecule has 5 nitrogen and oxygen atoms in total. The molecule has 0 bridgehead atoms. The van der Waals surface area contributed by atoms with E-state index in [4.69, 9.17) is 20.4 Å². The molecule has 3 atom stereocenters. The third-order valence-electron chi connectivity index (χ3n) is 1.32. The topological polar surface area (TPSA) is 98.0 Å². The molecule has 0 rings (SSSR count). The number of hydrogen-bond acceptors (Lipinski definition) is 5. The van der Waals surface area contributed by atoms with Gasteiger partial charge in [0.1, 0.15) is 18.3 Å². The second-order valence-electron chi connectivity index (χ2n) is 2.30. The van der Waals surface area contributed by atoms with Gasteiger partial charge in [-0.25, -0.2) is 0 Å². The van der Waals surface area contributed by atoms with Gasteiger partial charge < -0.3 is 20.4 Å². The lowest BCUT2D eigenvalue weighted by atomic mass is 10.1. The summed E-state index contributed by atoms with van der Waals surface area (Å²) in [5.74, 6) is -0.648. The van der Waals surface area contributed by atoms with E-state index >= 15 is 0 Å².